The monoisotopic (exact) mass is 338 g/mol. The molecule has 0 aliphatic rings. The van der Waals surface area contributed by atoms with Crippen LogP contribution in [0.25, 0.3) is 21.9 Å². The second-order valence-corrected chi connectivity index (χ2v) is 5.99. The number of hydrogen-bond acceptors (Lipinski definition) is 4. The molecule has 0 N–H and O–H groups in total. The van der Waals surface area contributed by atoms with E-state index in [1.807, 2.05) is 24.4 Å². The Morgan fingerprint density at radius 3 is 2.40 bits per heavy atom. The summed E-state index contributed by atoms with van der Waals surface area (Å²) in [6.07, 6.45) is 7.04. The highest BCUT2D eigenvalue weighted by atomic mass is 16.5. The SMILES string of the molecule is CCCc1c(OC)cc(-c2cn(C)c(=O)c3cnccc23)cc1OC. The molecule has 0 saturated heterocycles. The van der Waals surface area contributed by atoms with E-state index >= 15 is 0 Å². The van der Waals surface area contributed by atoms with Crippen molar-refractivity contribution < 1.29 is 9.47 Å². The van der Waals surface area contributed by atoms with E-state index < -0.39 is 0 Å². The molecule has 0 aliphatic heterocycles. The molecule has 0 saturated carbocycles. The highest BCUT2D eigenvalue weighted by Crippen LogP contribution is 2.37. The molecule has 3 rings (SSSR count). The molecule has 0 spiro atoms. The summed E-state index contributed by atoms with van der Waals surface area (Å²) in [4.78, 5) is 16.5. The van der Waals surface area contributed by atoms with Crippen molar-refractivity contribution in [3.8, 4) is 22.6 Å². The minimum atomic E-state index is -0.0617. The summed E-state index contributed by atoms with van der Waals surface area (Å²) in [6, 6.07) is 5.88. The van der Waals surface area contributed by atoms with Gasteiger partial charge in [0.2, 0.25) is 0 Å². The summed E-state index contributed by atoms with van der Waals surface area (Å²) in [5, 5.41) is 1.46. The summed E-state index contributed by atoms with van der Waals surface area (Å²) < 4.78 is 12.8. The number of fused-ring (bicyclic) bond motifs is 1. The van der Waals surface area contributed by atoms with Gasteiger partial charge in [-0.2, -0.15) is 0 Å². The lowest BCUT2D eigenvalue weighted by Crippen LogP contribution is -2.16. The maximum Gasteiger partial charge on any atom is 0.259 e. The zero-order valence-electron chi connectivity index (χ0n) is 15.0. The van der Waals surface area contributed by atoms with Crippen LogP contribution in [-0.4, -0.2) is 23.8 Å². The van der Waals surface area contributed by atoms with Gasteiger partial charge in [0.15, 0.2) is 0 Å². The lowest BCUT2D eigenvalue weighted by Gasteiger charge is -2.16. The van der Waals surface area contributed by atoms with Gasteiger partial charge >= 0.3 is 0 Å². The van der Waals surface area contributed by atoms with Crippen LogP contribution in [0.15, 0.2) is 41.6 Å². The molecular formula is C20H22N2O3. The summed E-state index contributed by atoms with van der Waals surface area (Å²) in [5.41, 5.74) is 2.89. The topological polar surface area (TPSA) is 53.4 Å². The smallest absolute Gasteiger partial charge is 0.259 e. The van der Waals surface area contributed by atoms with Crippen molar-refractivity contribution in [3.63, 3.8) is 0 Å². The first-order valence-electron chi connectivity index (χ1n) is 8.29. The van der Waals surface area contributed by atoms with Crippen LogP contribution in [0.1, 0.15) is 18.9 Å². The minimum absolute atomic E-state index is 0.0617. The molecule has 2 heterocycles. The number of ether oxygens (including phenoxy) is 2. The molecule has 0 atom stereocenters. The average Bonchev–Trinajstić information content (AvgIpc) is 2.65. The number of pyridine rings is 2. The maximum absolute atomic E-state index is 12.4. The Morgan fingerprint density at radius 1 is 1.12 bits per heavy atom. The van der Waals surface area contributed by atoms with E-state index in [0.29, 0.717) is 5.39 Å². The number of methoxy groups -OCH3 is 2. The normalized spacial score (nSPS) is 10.9. The lowest BCUT2D eigenvalue weighted by atomic mass is 9.98. The predicted molar refractivity (Wildman–Crippen MR) is 99.5 cm³/mol. The number of rotatable bonds is 5. The molecule has 0 fully saturated rings. The number of hydrogen-bond donors (Lipinski definition) is 0. The molecule has 0 unspecified atom stereocenters. The van der Waals surface area contributed by atoms with E-state index in [9.17, 15) is 4.79 Å². The Bertz CT molecular complexity index is 951. The van der Waals surface area contributed by atoms with E-state index in [0.717, 1.165) is 46.4 Å². The molecule has 5 heteroatoms. The van der Waals surface area contributed by atoms with E-state index in [1.165, 1.54) is 0 Å². The Kier molecular flexibility index (Phi) is 4.74. The largest absolute Gasteiger partial charge is 0.496 e. The molecule has 0 radical (unpaired) electrons. The zero-order valence-corrected chi connectivity index (χ0v) is 15.0. The molecule has 25 heavy (non-hydrogen) atoms. The second-order valence-electron chi connectivity index (χ2n) is 5.99. The second kappa shape index (κ2) is 6.97. The van der Waals surface area contributed by atoms with Gasteiger partial charge in [-0.05, 0) is 35.6 Å². The Balaban J connectivity index is 2.32. The first kappa shape index (κ1) is 17.0. The number of benzene rings is 1. The van der Waals surface area contributed by atoms with Crippen molar-refractivity contribution in [2.75, 3.05) is 14.2 Å². The van der Waals surface area contributed by atoms with Crippen LogP contribution in [-0.2, 0) is 13.5 Å². The van der Waals surface area contributed by atoms with Crippen LogP contribution in [0.4, 0.5) is 0 Å². The highest BCUT2D eigenvalue weighted by Gasteiger charge is 2.15. The van der Waals surface area contributed by atoms with E-state index in [-0.39, 0.29) is 5.56 Å². The fourth-order valence-electron chi connectivity index (χ4n) is 3.18. The highest BCUT2D eigenvalue weighted by molar-refractivity contribution is 5.95. The molecular weight excluding hydrogens is 316 g/mol. The van der Waals surface area contributed by atoms with Gasteiger partial charge in [-0.15, -0.1) is 0 Å². The van der Waals surface area contributed by atoms with Crippen LogP contribution >= 0.6 is 0 Å². The van der Waals surface area contributed by atoms with Crippen LogP contribution in [0.5, 0.6) is 11.5 Å². The van der Waals surface area contributed by atoms with Crippen LogP contribution in [0.2, 0.25) is 0 Å². The summed E-state index contributed by atoms with van der Waals surface area (Å²) >= 11 is 0. The predicted octanol–water partition coefficient (Wildman–Crippen LogP) is 3.57. The quantitative estimate of drug-likeness (QED) is 0.714. The van der Waals surface area contributed by atoms with Crippen molar-refractivity contribution in [1.82, 2.24) is 9.55 Å². The lowest BCUT2D eigenvalue weighted by molar-refractivity contribution is 0.385. The van der Waals surface area contributed by atoms with Crippen molar-refractivity contribution in [3.05, 3.63) is 52.7 Å². The van der Waals surface area contributed by atoms with E-state index in [2.05, 4.69) is 11.9 Å². The molecule has 1 aromatic carbocycles. The molecule has 0 amide bonds. The van der Waals surface area contributed by atoms with Gasteiger partial charge in [-0.25, -0.2) is 0 Å². The Hall–Kier alpha value is -2.82. The summed E-state index contributed by atoms with van der Waals surface area (Å²) in [6.45, 7) is 2.13. The van der Waals surface area contributed by atoms with Crippen molar-refractivity contribution in [2.45, 2.75) is 19.8 Å². The van der Waals surface area contributed by atoms with Crippen LogP contribution in [0, 0.1) is 0 Å². The molecule has 0 aliphatic carbocycles. The standard InChI is InChI=1S/C20H22N2O3/c1-5-6-15-18(24-3)9-13(10-19(15)25-4)17-12-22(2)20(23)16-11-21-8-7-14(16)17/h7-12H,5-6H2,1-4H3. The average molecular weight is 338 g/mol. The van der Waals surface area contributed by atoms with Gasteiger partial charge in [-0.3, -0.25) is 9.78 Å². The molecule has 5 nitrogen and oxygen atoms in total. The van der Waals surface area contributed by atoms with Crippen LogP contribution in [0.3, 0.4) is 0 Å². The van der Waals surface area contributed by atoms with Crippen molar-refractivity contribution >= 4 is 10.8 Å². The number of nitrogens with zero attached hydrogens (tertiary/aromatic N) is 2. The van der Waals surface area contributed by atoms with Gasteiger partial charge in [0.05, 0.1) is 19.6 Å². The van der Waals surface area contributed by atoms with Crippen molar-refractivity contribution in [1.29, 1.82) is 0 Å². The fourth-order valence-corrected chi connectivity index (χ4v) is 3.18. The molecule has 2 aromatic heterocycles. The minimum Gasteiger partial charge on any atom is -0.496 e. The fraction of sp³-hybridized carbons (Fsp3) is 0.300. The molecule has 0 bridgehead atoms. The van der Waals surface area contributed by atoms with Gasteiger partial charge in [0.1, 0.15) is 11.5 Å². The molecule has 130 valence electrons. The first-order chi connectivity index (χ1) is 12.1. The third-order valence-corrected chi connectivity index (χ3v) is 4.40. The zero-order chi connectivity index (χ0) is 18.0. The first-order valence-corrected chi connectivity index (χ1v) is 8.29. The number of aromatic nitrogens is 2. The van der Waals surface area contributed by atoms with Gasteiger partial charge in [-0.1, -0.05) is 13.3 Å². The van der Waals surface area contributed by atoms with Crippen LogP contribution < -0.4 is 15.0 Å². The van der Waals surface area contributed by atoms with Gasteiger partial charge in [0, 0.05) is 36.8 Å². The third-order valence-electron chi connectivity index (χ3n) is 4.40. The maximum atomic E-state index is 12.4. The summed E-state index contributed by atoms with van der Waals surface area (Å²) in [7, 11) is 5.08. The molecule has 3 aromatic rings. The van der Waals surface area contributed by atoms with E-state index in [1.54, 1.807) is 38.2 Å². The number of aryl methyl sites for hydroxylation is 1. The third kappa shape index (κ3) is 2.97. The van der Waals surface area contributed by atoms with Gasteiger partial charge < -0.3 is 14.0 Å². The van der Waals surface area contributed by atoms with E-state index in [4.69, 9.17) is 9.47 Å². The Morgan fingerprint density at radius 2 is 1.80 bits per heavy atom. The van der Waals surface area contributed by atoms with Crippen molar-refractivity contribution in [2.24, 2.45) is 7.05 Å². The Labute approximate surface area is 146 Å². The summed E-state index contributed by atoms with van der Waals surface area (Å²) in [5.74, 6) is 1.60. The van der Waals surface area contributed by atoms with Gasteiger partial charge in [0.25, 0.3) is 5.56 Å².